The van der Waals surface area contributed by atoms with Gasteiger partial charge in [-0.25, -0.2) is 14.6 Å². The van der Waals surface area contributed by atoms with Crippen molar-refractivity contribution in [3.63, 3.8) is 0 Å². The summed E-state index contributed by atoms with van der Waals surface area (Å²) >= 11 is 0. The number of ether oxygens (including phenoxy) is 4. The highest BCUT2D eigenvalue weighted by atomic mass is 16.6. The Labute approximate surface area is 260 Å². The van der Waals surface area contributed by atoms with Crippen LogP contribution in [0.15, 0.2) is 54.7 Å². The zero-order valence-electron chi connectivity index (χ0n) is 26.6. The number of imide groups is 1. The molecule has 2 aromatic carbocycles. The highest BCUT2D eigenvalue weighted by molar-refractivity contribution is 6.09. The number of nitro benzene ring substituents is 1. The fourth-order valence-electron chi connectivity index (χ4n) is 4.42. The molecule has 4 rings (SSSR count). The van der Waals surface area contributed by atoms with Crippen LogP contribution >= 0.6 is 0 Å². The topological polar surface area (TPSA) is 148 Å². The Bertz CT molecular complexity index is 1710. The van der Waals surface area contributed by atoms with Crippen LogP contribution in [0.5, 0.6) is 11.5 Å². The monoisotopic (exact) mass is 619 g/mol. The normalized spacial score (nSPS) is 11.6. The molecule has 0 saturated carbocycles. The van der Waals surface area contributed by atoms with E-state index in [0.717, 1.165) is 4.90 Å². The summed E-state index contributed by atoms with van der Waals surface area (Å²) in [7, 11) is 3.14. The van der Waals surface area contributed by atoms with E-state index < -0.39 is 28.3 Å². The first-order chi connectivity index (χ1) is 21.1. The van der Waals surface area contributed by atoms with Crippen LogP contribution in [0.4, 0.5) is 21.1 Å². The maximum Gasteiger partial charge on any atom is 0.425 e. The third-order valence-corrected chi connectivity index (χ3v) is 6.22. The molecule has 45 heavy (non-hydrogen) atoms. The molecular weight excluding hydrogens is 582 g/mol. The molecule has 0 unspecified atom stereocenters. The number of methoxy groups -OCH3 is 1. The molecule has 0 bridgehead atoms. The number of benzene rings is 2. The van der Waals surface area contributed by atoms with Crippen LogP contribution in [0, 0.1) is 10.1 Å². The minimum absolute atomic E-state index is 0.00664. The number of fused-ring (bicyclic) bond motifs is 1. The molecule has 0 aliphatic carbocycles. The number of pyridine rings is 1. The molecular formula is C32H37N5O8. The van der Waals surface area contributed by atoms with Gasteiger partial charge >= 0.3 is 17.9 Å². The summed E-state index contributed by atoms with van der Waals surface area (Å²) in [6.45, 7) is 10.3. The second-order valence-corrected chi connectivity index (χ2v) is 12.2. The van der Waals surface area contributed by atoms with Crippen LogP contribution in [0.2, 0.25) is 0 Å². The molecule has 238 valence electrons. The van der Waals surface area contributed by atoms with E-state index in [9.17, 15) is 19.7 Å². The first-order valence-corrected chi connectivity index (χ1v) is 14.2. The standard InChI is InChI=1S/C32H37N5O8/c1-31(2,3)44-29(38)36(30(39)45-32(4,5)6)26-13-12-21-10-9-11-25(27(21)33-26)43-17-15-20-18-22(23-14-16-35(7)34-23)28(42-8)24(19-20)37(40)41/h9-14,16,18-19H,15,17H2,1-8H3. The molecule has 0 aliphatic rings. The second-order valence-electron chi connectivity index (χ2n) is 12.2. The first kappa shape index (κ1) is 32.7. The van der Waals surface area contributed by atoms with Crippen LogP contribution < -0.4 is 14.4 Å². The number of anilines is 1. The predicted octanol–water partition coefficient (Wildman–Crippen LogP) is 6.85. The molecule has 2 aromatic heterocycles. The van der Waals surface area contributed by atoms with Gasteiger partial charge in [-0.15, -0.1) is 0 Å². The third kappa shape index (κ3) is 8.05. The smallest absolute Gasteiger partial charge is 0.425 e. The molecule has 0 N–H and O–H groups in total. The number of nitrogens with zero attached hydrogens (tertiary/aromatic N) is 5. The van der Waals surface area contributed by atoms with Crippen molar-refractivity contribution in [2.75, 3.05) is 18.6 Å². The van der Waals surface area contributed by atoms with E-state index >= 15 is 0 Å². The van der Waals surface area contributed by atoms with Crippen molar-refractivity contribution in [3.8, 4) is 22.8 Å². The minimum atomic E-state index is -0.938. The van der Waals surface area contributed by atoms with Gasteiger partial charge in [0.25, 0.3) is 0 Å². The highest BCUT2D eigenvalue weighted by Crippen LogP contribution is 2.38. The molecule has 2 heterocycles. The third-order valence-electron chi connectivity index (χ3n) is 6.22. The van der Waals surface area contributed by atoms with Gasteiger partial charge in [0.15, 0.2) is 0 Å². The minimum Gasteiger partial charge on any atom is -0.491 e. The van der Waals surface area contributed by atoms with Crippen molar-refractivity contribution in [2.45, 2.75) is 59.2 Å². The van der Waals surface area contributed by atoms with Gasteiger partial charge in [0, 0.05) is 31.1 Å². The second kappa shape index (κ2) is 12.8. The summed E-state index contributed by atoms with van der Waals surface area (Å²) in [5, 5.41) is 17.0. The predicted molar refractivity (Wildman–Crippen MR) is 168 cm³/mol. The van der Waals surface area contributed by atoms with Gasteiger partial charge in [-0.05, 0) is 77.4 Å². The zero-order valence-corrected chi connectivity index (χ0v) is 26.6. The summed E-state index contributed by atoms with van der Waals surface area (Å²) in [5.41, 5.74) is 0.107. The maximum atomic E-state index is 13.2. The zero-order chi connectivity index (χ0) is 33.1. The van der Waals surface area contributed by atoms with Crippen molar-refractivity contribution in [3.05, 3.63) is 70.4 Å². The number of aromatic nitrogens is 3. The number of aryl methyl sites for hydroxylation is 1. The lowest BCUT2D eigenvalue weighted by Gasteiger charge is -2.28. The van der Waals surface area contributed by atoms with Gasteiger partial charge in [0.05, 0.1) is 29.9 Å². The largest absolute Gasteiger partial charge is 0.491 e. The van der Waals surface area contributed by atoms with Gasteiger partial charge in [-0.2, -0.15) is 10.00 Å². The molecule has 0 saturated heterocycles. The van der Waals surface area contributed by atoms with Crippen LogP contribution in [0.3, 0.4) is 0 Å². The summed E-state index contributed by atoms with van der Waals surface area (Å²) < 4.78 is 24.1. The summed E-state index contributed by atoms with van der Waals surface area (Å²) in [6.07, 6.45) is 0.173. The van der Waals surface area contributed by atoms with Crippen LogP contribution in [-0.2, 0) is 22.9 Å². The number of para-hydroxylation sites is 1. The lowest BCUT2D eigenvalue weighted by molar-refractivity contribution is -0.385. The van der Waals surface area contributed by atoms with Crippen molar-refractivity contribution >= 4 is 34.6 Å². The lowest BCUT2D eigenvalue weighted by atomic mass is 10.0. The maximum absolute atomic E-state index is 13.2. The highest BCUT2D eigenvalue weighted by Gasteiger charge is 2.34. The van der Waals surface area contributed by atoms with Crippen molar-refractivity contribution in [1.82, 2.24) is 14.8 Å². The van der Waals surface area contributed by atoms with E-state index in [2.05, 4.69) is 10.1 Å². The molecule has 0 aliphatic heterocycles. The van der Waals surface area contributed by atoms with Crippen LogP contribution in [0.25, 0.3) is 22.2 Å². The van der Waals surface area contributed by atoms with E-state index in [0.29, 0.717) is 39.9 Å². The Hall–Kier alpha value is -5.20. The van der Waals surface area contributed by atoms with E-state index in [1.54, 1.807) is 89.8 Å². The molecule has 0 radical (unpaired) electrons. The molecule has 0 spiro atoms. The number of amides is 2. The number of hydrogen-bond donors (Lipinski definition) is 0. The Balaban J connectivity index is 1.65. The fourth-order valence-corrected chi connectivity index (χ4v) is 4.42. The van der Waals surface area contributed by atoms with E-state index in [1.807, 2.05) is 6.07 Å². The number of rotatable bonds is 8. The SMILES string of the molecule is COc1c(-c2ccn(C)n2)cc(CCOc2cccc3ccc(N(C(=O)OC(C)(C)C)C(=O)OC(C)(C)C)nc23)cc1[N+](=O)[O-]. The van der Waals surface area contributed by atoms with Gasteiger partial charge in [0.2, 0.25) is 5.75 Å². The Morgan fingerprint density at radius 1 is 0.978 bits per heavy atom. The Kier molecular flexibility index (Phi) is 9.31. The van der Waals surface area contributed by atoms with Crippen molar-refractivity contribution in [2.24, 2.45) is 7.05 Å². The summed E-state index contributed by atoms with van der Waals surface area (Å²) in [6, 6.07) is 13.5. The fraction of sp³-hybridized carbons (Fsp3) is 0.375. The molecule has 0 fully saturated rings. The van der Waals surface area contributed by atoms with E-state index in [4.69, 9.17) is 18.9 Å². The number of carbonyl (C=O) groups is 2. The quantitative estimate of drug-likeness (QED) is 0.151. The van der Waals surface area contributed by atoms with Crippen molar-refractivity contribution in [1.29, 1.82) is 0 Å². The summed E-state index contributed by atoms with van der Waals surface area (Å²) in [5.74, 6) is 0.497. The van der Waals surface area contributed by atoms with Gasteiger partial charge in [0.1, 0.15) is 28.3 Å². The lowest BCUT2D eigenvalue weighted by Crippen LogP contribution is -2.44. The molecule has 0 atom stereocenters. The van der Waals surface area contributed by atoms with Crippen LogP contribution in [0.1, 0.15) is 47.1 Å². The number of nitro groups is 1. The average Bonchev–Trinajstić information content (AvgIpc) is 3.36. The Morgan fingerprint density at radius 2 is 1.64 bits per heavy atom. The molecule has 4 aromatic rings. The van der Waals surface area contributed by atoms with Crippen molar-refractivity contribution < 1.29 is 33.5 Å². The summed E-state index contributed by atoms with van der Waals surface area (Å²) in [4.78, 5) is 43.1. The number of hydrogen-bond acceptors (Lipinski definition) is 10. The Morgan fingerprint density at radius 3 is 2.20 bits per heavy atom. The molecule has 13 nitrogen and oxygen atoms in total. The molecule has 2 amide bonds. The van der Waals surface area contributed by atoms with E-state index in [-0.39, 0.29) is 23.9 Å². The average molecular weight is 620 g/mol. The number of carbonyl (C=O) groups excluding carboxylic acids is 2. The van der Waals surface area contributed by atoms with Crippen LogP contribution in [-0.4, -0.2) is 56.8 Å². The van der Waals surface area contributed by atoms with E-state index in [1.165, 1.54) is 19.2 Å². The van der Waals surface area contributed by atoms with Gasteiger partial charge in [-0.3, -0.25) is 14.8 Å². The first-order valence-electron chi connectivity index (χ1n) is 14.2. The molecule has 13 heteroatoms. The van der Waals surface area contributed by atoms with Gasteiger partial charge in [-0.1, -0.05) is 12.1 Å². The van der Waals surface area contributed by atoms with Gasteiger partial charge < -0.3 is 18.9 Å².